The zero-order valence-electron chi connectivity index (χ0n) is 8.37. The molecule has 0 amide bonds. The Labute approximate surface area is 91.6 Å². The molecule has 0 fully saturated rings. The van der Waals surface area contributed by atoms with Crippen molar-refractivity contribution in [3.63, 3.8) is 0 Å². The number of methoxy groups -OCH3 is 3. The molecule has 0 unspecified atom stereocenters. The fourth-order valence-corrected chi connectivity index (χ4v) is 1.34. The summed E-state index contributed by atoms with van der Waals surface area (Å²) in [6, 6.07) is 5.55. The number of hydrogen-bond acceptors (Lipinski definition) is 3. The fourth-order valence-electron chi connectivity index (χ4n) is 1.08. The standard InChI is InChI=1S/C10H12O3.Cr/c1-11-7-8-4-5-9(12-2)6-10(8)13-3;/h4-6H,1-3H3;. The van der Waals surface area contributed by atoms with Gasteiger partial charge in [-0.1, -0.05) is 0 Å². The van der Waals surface area contributed by atoms with E-state index < -0.39 is 0 Å². The Morgan fingerprint density at radius 2 is 1.86 bits per heavy atom. The van der Waals surface area contributed by atoms with Crippen LogP contribution in [0.1, 0.15) is 5.56 Å². The van der Waals surface area contributed by atoms with E-state index in [-0.39, 0.29) is 0 Å². The van der Waals surface area contributed by atoms with Crippen LogP contribution in [0.5, 0.6) is 11.5 Å². The summed E-state index contributed by atoms with van der Waals surface area (Å²) < 4.78 is 16.1. The van der Waals surface area contributed by atoms with Crippen molar-refractivity contribution in [2.45, 2.75) is 0 Å². The maximum absolute atomic E-state index is 5.21. The van der Waals surface area contributed by atoms with Crippen LogP contribution < -0.4 is 9.47 Å². The Morgan fingerprint density at radius 1 is 1.14 bits per heavy atom. The van der Waals surface area contributed by atoms with Crippen LogP contribution in [0, 0.1) is 0 Å². The van der Waals surface area contributed by atoms with Crippen molar-refractivity contribution in [2.75, 3.05) is 21.3 Å². The first-order chi connectivity index (χ1) is 6.72. The Hall–Kier alpha value is -0.818. The predicted molar refractivity (Wildman–Crippen MR) is 50.7 cm³/mol. The molecule has 0 bridgehead atoms. The van der Waals surface area contributed by atoms with E-state index in [0.29, 0.717) is 4.57 Å². The number of rotatable bonds is 4. The van der Waals surface area contributed by atoms with E-state index in [4.69, 9.17) is 14.2 Å². The molecule has 0 aliphatic rings. The Balaban J connectivity index is 3.11. The zero-order valence-corrected chi connectivity index (χ0v) is 9.64. The second-order valence-corrected chi connectivity index (χ2v) is 3.14. The molecule has 0 aliphatic carbocycles. The van der Waals surface area contributed by atoms with E-state index >= 15 is 0 Å². The van der Waals surface area contributed by atoms with Gasteiger partial charge in [0.1, 0.15) is 0 Å². The van der Waals surface area contributed by atoms with Gasteiger partial charge in [-0.3, -0.25) is 0 Å². The van der Waals surface area contributed by atoms with Crippen LogP contribution in [0.3, 0.4) is 0 Å². The van der Waals surface area contributed by atoms with E-state index in [2.05, 4.69) is 15.9 Å². The molecule has 0 aromatic heterocycles. The molecule has 0 heterocycles. The molecule has 0 saturated heterocycles. The normalized spacial score (nSPS) is 9.64. The molecule has 3 nitrogen and oxygen atoms in total. The molecule has 0 radical (unpaired) electrons. The van der Waals surface area contributed by atoms with Gasteiger partial charge in [0, 0.05) is 0 Å². The van der Waals surface area contributed by atoms with Crippen LogP contribution in [0.25, 0.3) is 0 Å². The van der Waals surface area contributed by atoms with Crippen molar-refractivity contribution in [3.05, 3.63) is 23.8 Å². The molecule has 14 heavy (non-hydrogen) atoms. The second-order valence-electron chi connectivity index (χ2n) is 2.56. The zero-order chi connectivity index (χ0) is 10.6. The summed E-state index contributed by atoms with van der Waals surface area (Å²) in [6.07, 6.45) is 0. The van der Waals surface area contributed by atoms with Crippen LogP contribution in [0.15, 0.2) is 18.2 Å². The van der Waals surface area contributed by atoms with Gasteiger partial charge in [0.05, 0.1) is 0 Å². The summed E-state index contributed by atoms with van der Waals surface area (Å²) in [6.45, 7) is 0. The Kier molecular flexibility index (Phi) is 4.15. The predicted octanol–water partition coefficient (Wildman–Crippen LogP) is 1.38. The van der Waals surface area contributed by atoms with Crippen molar-refractivity contribution < 1.29 is 30.1 Å². The molecule has 0 aliphatic heterocycles. The van der Waals surface area contributed by atoms with Gasteiger partial charge in [-0.2, -0.15) is 0 Å². The molecule has 4 heteroatoms. The van der Waals surface area contributed by atoms with Crippen LogP contribution in [0.4, 0.5) is 0 Å². The Bertz CT molecular complexity index is 336. The maximum atomic E-state index is 5.21. The summed E-state index contributed by atoms with van der Waals surface area (Å²) in [5, 5.41) is 0. The van der Waals surface area contributed by atoms with Gasteiger partial charge < -0.3 is 0 Å². The van der Waals surface area contributed by atoms with Crippen molar-refractivity contribution in [1.82, 2.24) is 0 Å². The first kappa shape index (κ1) is 11.3. The van der Waals surface area contributed by atoms with Crippen LogP contribution in [0.2, 0.25) is 0 Å². The van der Waals surface area contributed by atoms with Gasteiger partial charge in [0.2, 0.25) is 0 Å². The van der Waals surface area contributed by atoms with E-state index in [1.165, 1.54) is 0 Å². The van der Waals surface area contributed by atoms with Gasteiger partial charge in [-0.25, -0.2) is 0 Å². The molecule has 1 aromatic carbocycles. The molecular weight excluding hydrogens is 220 g/mol. The summed E-state index contributed by atoms with van der Waals surface area (Å²) >= 11 is 2.83. The van der Waals surface area contributed by atoms with Crippen molar-refractivity contribution in [1.29, 1.82) is 0 Å². The van der Waals surface area contributed by atoms with Crippen molar-refractivity contribution >= 4 is 4.57 Å². The topological polar surface area (TPSA) is 27.7 Å². The first-order valence-electron chi connectivity index (χ1n) is 4.03. The molecule has 1 rings (SSSR count). The minimum atomic E-state index is 0.699. The van der Waals surface area contributed by atoms with Crippen molar-refractivity contribution in [2.24, 2.45) is 0 Å². The summed E-state index contributed by atoms with van der Waals surface area (Å²) in [5.74, 6) is 1.48. The van der Waals surface area contributed by atoms with Gasteiger partial charge in [-0.15, -0.1) is 0 Å². The summed E-state index contributed by atoms with van der Waals surface area (Å²) in [5.41, 5.74) is 0.885. The quantitative estimate of drug-likeness (QED) is 0.784. The third-order valence-corrected chi connectivity index (χ3v) is 2.42. The molecule has 76 valence electrons. The molecule has 0 atom stereocenters. The molecular formula is C10H12CrO3. The third-order valence-electron chi connectivity index (χ3n) is 1.81. The SMILES string of the molecule is CO[C](=[Cr])c1ccc(OC)cc1OC. The summed E-state index contributed by atoms with van der Waals surface area (Å²) in [7, 11) is 4.84. The summed E-state index contributed by atoms with van der Waals surface area (Å²) in [4.78, 5) is 0. The molecule has 0 N–H and O–H groups in total. The Morgan fingerprint density at radius 3 is 2.36 bits per heavy atom. The monoisotopic (exact) mass is 232 g/mol. The first-order valence-corrected chi connectivity index (χ1v) is 4.67. The van der Waals surface area contributed by atoms with E-state index in [9.17, 15) is 0 Å². The third kappa shape index (κ3) is 2.36. The van der Waals surface area contributed by atoms with Crippen LogP contribution >= 0.6 is 0 Å². The number of benzene rings is 1. The van der Waals surface area contributed by atoms with Gasteiger partial charge in [0.15, 0.2) is 0 Å². The average Bonchev–Trinajstić information content (AvgIpc) is 2.27. The second kappa shape index (κ2) is 5.16. The minimum absolute atomic E-state index is 0.699. The van der Waals surface area contributed by atoms with Crippen LogP contribution in [-0.2, 0) is 20.6 Å². The fraction of sp³-hybridized carbons (Fsp3) is 0.300. The molecule has 0 spiro atoms. The van der Waals surface area contributed by atoms with E-state index in [1.807, 2.05) is 18.2 Å². The molecule has 0 saturated carbocycles. The van der Waals surface area contributed by atoms with Gasteiger partial charge in [-0.05, 0) is 0 Å². The number of hydrogen-bond donors (Lipinski definition) is 0. The number of ether oxygens (including phenoxy) is 3. The van der Waals surface area contributed by atoms with Crippen molar-refractivity contribution in [3.8, 4) is 11.5 Å². The van der Waals surface area contributed by atoms with Gasteiger partial charge >= 0.3 is 91.2 Å². The molecule has 1 aromatic rings. The van der Waals surface area contributed by atoms with Gasteiger partial charge in [0.25, 0.3) is 0 Å². The van der Waals surface area contributed by atoms with E-state index in [1.54, 1.807) is 21.3 Å². The average molecular weight is 232 g/mol. The van der Waals surface area contributed by atoms with E-state index in [0.717, 1.165) is 17.1 Å². The van der Waals surface area contributed by atoms with Crippen LogP contribution in [-0.4, -0.2) is 25.9 Å².